The Balaban J connectivity index is 1.55. The molecule has 1 N–H and O–H groups in total. The average Bonchev–Trinajstić information content (AvgIpc) is 3.49. The summed E-state index contributed by atoms with van der Waals surface area (Å²) < 4.78 is 6.31. The molecule has 8 heteroatoms. The maximum atomic E-state index is 11.0. The Hall–Kier alpha value is -4.04. The second-order valence-electron chi connectivity index (χ2n) is 8.02. The van der Waals surface area contributed by atoms with E-state index in [1.54, 1.807) is 18.3 Å². The van der Waals surface area contributed by atoms with Gasteiger partial charge in [-0.2, -0.15) is 0 Å². The summed E-state index contributed by atoms with van der Waals surface area (Å²) in [6, 6.07) is 23.8. The van der Waals surface area contributed by atoms with Crippen molar-refractivity contribution in [2.24, 2.45) is 0 Å². The second kappa shape index (κ2) is 9.07. The third-order valence-electron chi connectivity index (χ3n) is 6.00. The number of anilines is 1. The van der Waals surface area contributed by atoms with Crippen molar-refractivity contribution in [2.75, 3.05) is 4.90 Å². The van der Waals surface area contributed by atoms with Gasteiger partial charge in [0.2, 0.25) is 0 Å². The summed E-state index contributed by atoms with van der Waals surface area (Å²) in [5, 5.41) is 15.0. The molecule has 2 aromatic heterocycles. The van der Waals surface area contributed by atoms with Gasteiger partial charge in [-0.1, -0.05) is 25.1 Å². The normalized spacial score (nSPS) is 17.6. The maximum Gasteiger partial charge on any atom is 0.269 e. The first-order valence-electron chi connectivity index (χ1n) is 11.0. The Labute approximate surface area is 202 Å². The Morgan fingerprint density at radius 3 is 2.47 bits per heavy atom. The number of nitrogens with zero attached hydrogens (tertiary/aromatic N) is 3. The summed E-state index contributed by atoms with van der Waals surface area (Å²) in [7, 11) is 0. The molecule has 1 aliphatic heterocycles. The molecule has 0 radical (unpaired) electrons. The summed E-state index contributed by atoms with van der Waals surface area (Å²) in [5.41, 5.74) is 3.87. The van der Waals surface area contributed by atoms with Gasteiger partial charge < -0.3 is 14.6 Å². The number of hydrogen-bond donors (Lipinski definition) is 1. The quantitative estimate of drug-likeness (QED) is 0.210. The molecular formula is C26H22N4O3S. The average molecular weight is 471 g/mol. The van der Waals surface area contributed by atoms with Crippen LogP contribution >= 0.6 is 12.2 Å². The minimum absolute atomic E-state index is 0.0396. The molecule has 0 unspecified atom stereocenters. The van der Waals surface area contributed by atoms with Crippen LogP contribution in [-0.4, -0.2) is 15.0 Å². The van der Waals surface area contributed by atoms with Crippen LogP contribution < -0.4 is 10.2 Å². The number of pyridine rings is 1. The fraction of sp³-hybridized carbons (Fsp3) is 0.154. The lowest BCUT2D eigenvalue weighted by atomic mass is 10.0. The third-order valence-corrected chi connectivity index (χ3v) is 6.32. The molecule has 34 heavy (non-hydrogen) atoms. The van der Waals surface area contributed by atoms with E-state index in [4.69, 9.17) is 16.6 Å². The van der Waals surface area contributed by atoms with E-state index in [0.717, 1.165) is 29.1 Å². The largest absolute Gasteiger partial charge is 0.459 e. The van der Waals surface area contributed by atoms with Crippen LogP contribution in [0.4, 0.5) is 11.4 Å². The van der Waals surface area contributed by atoms with Crippen molar-refractivity contribution >= 4 is 28.7 Å². The first kappa shape index (κ1) is 21.8. The number of non-ortho nitro benzene ring substituents is 1. The van der Waals surface area contributed by atoms with Gasteiger partial charge in [0.05, 0.1) is 16.7 Å². The Kier molecular flexibility index (Phi) is 5.81. The zero-order valence-electron chi connectivity index (χ0n) is 18.4. The molecule has 3 heterocycles. The highest BCUT2D eigenvalue weighted by Crippen LogP contribution is 2.43. The molecular weight excluding hydrogens is 448 g/mol. The molecule has 0 saturated carbocycles. The van der Waals surface area contributed by atoms with E-state index in [1.165, 1.54) is 17.7 Å². The van der Waals surface area contributed by atoms with Crippen LogP contribution in [0.2, 0.25) is 0 Å². The van der Waals surface area contributed by atoms with Crippen LogP contribution in [-0.2, 0) is 6.42 Å². The fourth-order valence-electron chi connectivity index (χ4n) is 4.23. The summed E-state index contributed by atoms with van der Waals surface area (Å²) in [5.74, 6) is 1.35. The standard InChI is InChI=1S/C26H22N4O3S/c1-2-17-6-10-19(11-7-17)29-25(24(28-26(29)34)21-5-3-4-16-27-21)23-15-14-22(33-23)18-8-12-20(13-9-18)30(31)32/h3-16,24-25H,2H2,1H3,(H,28,34)/t24-,25-/m0/s1. The summed E-state index contributed by atoms with van der Waals surface area (Å²) in [4.78, 5) is 17.2. The molecule has 1 fully saturated rings. The summed E-state index contributed by atoms with van der Waals surface area (Å²) in [6.45, 7) is 2.12. The summed E-state index contributed by atoms with van der Waals surface area (Å²) >= 11 is 5.76. The Bertz CT molecular complexity index is 1320. The van der Waals surface area contributed by atoms with Gasteiger partial charge in [-0.05, 0) is 72.7 Å². The minimum Gasteiger partial charge on any atom is -0.459 e. The van der Waals surface area contributed by atoms with Crippen LogP contribution in [0.1, 0.15) is 36.0 Å². The van der Waals surface area contributed by atoms with E-state index in [0.29, 0.717) is 10.9 Å². The number of hydrogen-bond acceptors (Lipinski definition) is 5. The number of aromatic nitrogens is 1. The van der Waals surface area contributed by atoms with E-state index >= 15 is 0 Å². The van der Waals surface area contributed by atoms with Gasteiger partial charge in [0, 0.05) is 29.6 Å². The van der Waals surface area contributed by atoms with Crippen molar-refractivity contribution in [1.29, 1.82) is 0 Å². The Morgan fingerprint density at radius 2 is 1.82 bits per heavy atom. The lowest BCUT2D eigenvalue weighted by Crippen LogP contribution is -2.29. The van der Waals surface area contributed by atoms with Gasteiger partial charge >= 0.3 is 0 Å². The highest BCUT2D eigenvalue weighted by atomic mass is 32.1. The number of thiocarbonyl (C=S) groups is 1. The van der Waals surface area contributed by atoms with Gasteiger partial charge in [-0.15, -0.1) is 0 Å². The summed E-state index contributed by atoms with van der Waals surface area (Å²) in [6.07, 6.45) is 2.72. The molecule has 0 spiro atoms. The van der Waals surface area contributed by atoms with Crippen LogP contribution in [0, 0.1) is 10.1 Å². The van der Waals surface area contributed by atoms with Crippen molar-refractivity contribution in [3.8, 4) is 11.3 Å². The number of nitrogens with one attached hydrogen (secondary N) is 1. The Morgan fingerprint density at radius 1 is 1.06 bits per heavy atom. The molecule has 2 aromatic carbocycles. The number of nitro groups is 1. The van der Waals surface area contributed by atoms with E-state index in [2.05, 4.69) is 46.4 Å². The van der Waals surface area contributed by atoms with Gasteiger partial charge in [-0.3, -0.25) is 15.1 Å². The highest BCUT2D eigenvalue weighted by Gasteiger charge is 2.42. The molecule has 7 nitrogen and oxygen atoms in total. The predicted octanol–water partition coefficient (Wildman–Crippen LogP) is 5.99. The van der Waals surface area contributed by atoms with E-state index in [-0.39, 0.29) is 17.8 Å². The maximum absolute atomic E-state index is 11.0. The predicted molar refractivity (Wildman–Crippen MR) is 135 cm³/mol. The SMILES string of the molecule is CCc1ccc(N2C(=S)N[C@@H](c3ccccn3)[C@@H]2c2ccc(-c3ccc([N+](=O)[O-])cc3)o2)cc1. The molecule has 1 aliphatic rings. The molecule has 2 atom stereocenters. The molecule has 0 aliphatic carbocycles. The number of rotatable bonds is 6. The van der Waals surface area contributed by atoms with Crippen LogP contribution in [0.15, 0.2) is 89.5 Å². The van der Waals surface area contributed by atoms with Gasteiger partial charge in [0.15, 0.2) is 5.11 Å². The second-order valence-corrected chi connectivity index (χ2v) is 8.41. The van der Waals surface area contributed by atoms with Crippen molar-refractivity contribution in [1.82, 2.24) is 10.3 Å². The number of nitro benzene ring substituents is 1. The number of furan rings is 1. The topological polar surface area (TPSA) is 84.4 Å². The van der Waals surface area contributed by atoms with Crippen molar-refractivity contribution in [3.05, 3.63) is 112 Å². The molecule has 5 rings (SSSR count). The zero-order chi connectivity index (χ0) is 23.7. The highest BCUT2D eigenvalue weighted by molar-refractivity contribution is 7.80. The molecule has 0 bridgehead atoms. The smallest absolute Gasteiger partial charge is 0.269 e. The van der Waals surface area contributed by atoms with Gasteiger partial charge in [0.1, 0.15) is 17.6 Å². The first-order chi connectivity index (χ1) is 16.5. The fourth-order valence-corrected chi connectivity index (χ4v) is 4.57. The monoisotopic (exact) mass is 470 g/mol. The van der Waals surface area contributed by atoms with Crippen LogP contribution in [0.5, 0.6) is 0 Å². The van der Waals surface area contributed by atoms with Crippen molar-refractivity contribution < 1.29 is 9.34 Å². The zero-order valence-corrected chi connectivity index (χ0v) is 19.2. The van der Waals surface area contributed by atoms with Crippen LogP contribution in [0.3, 0.4) is 0 Å². The van der Waals surface area contributed by atoms with Gasteiger partial charge in [0.25, 0.3) is 5.69 Å². The lowest BCUT2D eigenvalue weighted by molar-refractivity contribution is -0.384. The minimum atomic E-state index is -0.415. The van der Waals surface area contributed by atoms with Crippen molar-refractivity contribution in [2.45, 2.75) is 25.4 Å². The first-order valence-corrected chi connectivity index (χ1v) is 11.4. The third kappa shape index (κ3) is 4.04. The van der Waals surface area contributed by atoms with Crippen molar-refractivity contribution in [3.63, 3.8) is 0 Å². The van der Waals surface area contributed by atoms with Crippen LogP contribution in [0.25, 0.3) is 11.3 Å². The molecule has 170 valence electrons. The molecule has 1 saturated heterocycles. The van der Waals surface area contributed by atoms with E-state index in [9.17, 15) is 10.1 Å². The van der Waals surface area contributed by atoms with E-state index in [1.807, 2.05) is 30.3 Å². The van der Waals surface area contributed by atoms with E-state index < -0.39 is 4.92 Å². The van der Waals surface area contributed by atoms with Gasteiger partial charge in [-0.25, -0.2) is 0 Å². The lowest BCUT2D eigenvalue weighted by Gasteiger charge is -2.26. The number of aryl methyl sites for hydroxylation is 1. The molecule has 4 aromatic rings. The molecule has 0 amide bonds. The number of benzene rings is 2.